The van der Waals surface area contributed by atoms with Crippen molar-refractivity contribution < 1.29 is 4.74 Å². The highest BCUT2D eigenvalue weighted by Gasteiger charge is 2.34. The van der Waals surface area contributed by atoms with Gasteiger partial charge in [0.2, 0.25) is 0 Å². The molecule has 6 nitrogen and oxygen atoms in total. The lowest BCUT2D eigenvalue weighted by Gasteiger charge is -2.30. The Balaban J connectivity index is 1.96. The van der Waals surface area contributed by atoms with Gasteiger partial charge in [-0.25, -0.2) is 4.79 Å². The van der Waals surface area contributed by atoms with Crippen LogP contribution >= 0.6 is 0 Å². The minimum Gasteiger partial charge on any atom is -0.365 e. The van der Waals surface area contributed by atoms with Crippen molar-refractivity contribution in [3.05, 3.63) is 90.7 Å². The first kappa shape index (κ1) is 21.5. The van der Waals surface area contributed by atoms with E-state index in [0.717, 1.165) is 39.2 Å². The fraction of sp³-hybridized carbons (Fsp3) is 0.333. The summed E-state index contributed by atoms with van der Waals surface area (Å²) >= 11 is 0. The molecule has 1 aliphatic rings. The van der Waals surface area contributed by atoms with Crippen LogP contribution in [0.3, 0.4) is 0 Å². The second kappa shape index (κ2) is 7.59. The fourth-order valence-electron chi connectivity index (χ4n) is 5.42. The lowest BCUT2D eigenvalue weighted by Crippen LogP contribution is -2.37. The number of rotatable bonds is 2. The Kier molecular flexibility index (Phi) is 4.94. The number of fused-ring (bicyclic) bond motifs is 3. The average Bonchev–Trinajstić information content (AvgIpc) is 3.12. The molecule has 0 bridgehead atoms. The fourth-order valence-corrected chi connectivity index (χ4v) is 5.42. The number of benzene rings is 2. The van der Waals surface area contributed by atoms with Gasteiger partial charge < -0.3 is 9.30 Å². The molecule has 6 heteroatoms. The Morgan fingerprint density at radius 2 is 1.52 bits per heavy atom. The van der Waals surface area contributed by atoms with Gasteiger partial charge in [-0.2, -0.15) is 0 Å². The van der Waals surface area contributed by atoms with Gasteiger partial charge >= 0.3 is 5.69 Å². The molecular weight excluding hydrogens is 414 g/mol. The van der Waals surface area contributed by atoms with Crippen molar-refractivity contribution in [2.45, 2.75) is 40.3 Å². The van der Waals surface area contributed by atoms with Crippen LogP contribution in [0.1, 0.15) is 39.6 Å². The molecule has 0 N–H and O–H groups in total. The molecule has 0 fully saturated rings. The van der Waals surface area contributed by atoms with Gasteiger partial charge in [0, 0.05) is 20.6 Å². The van der Waals surface area contributed by atoms with Gasteiger partial charge in [0.05, 0.1) is 28.9 Å². The van der Waals surface area contributed by atoms with Crippen LogP contribution in [0, 0.1) is 27.7 Å². The van der Waals surface area contributed by atoms with Gasteiger partial charge in [0.1, 0.15) is 6.10 Å². The second-order valence-electron chi connectivity index (χ2n) is 9.24. The Morgan fingerprint density at radius 3 is 2.15 bits per heavy atom. The molecule has 33 heavy (non-hydrogen) atoms. The second-order valence-corrected chi connectivity index (χ2v) is 9.24. The van der Waals surface area contributed by atoms with E-state index in [9.17, 15) is 9.59 Å². The Hall–Kier alpha value is -3.38. The Labute approximate surface area is 192 Å². The van der Waals surface area contributed by atoms with Crippen molar-refractivity contribution in [3.63, 3.8) is 0 Å². The summed E-state index contributed by atoms with van der Waals surface area (Å²) in [6.45, 7) is 9.48. The number of aryl methyl sites for hydroxylation is 5. The molecule has 0 spiro atoms. The Bertz CT molecular complexity index is 1510. The molecule has 1 aliphatic heterocycles. The summed E-state index contributed by atoms with van der Waals surface area (Å²) in [6, 6.07) is 12.5. The minimum absolute atomic E-state index is 0.276. The molecule has 5 rings (SSSR count). The van der Waals surface area contributed by atoms with Crippen LogP contribution in [-0.2, 0) is 25.4 Å². The number of aromatic nitrogens is 3. The number of hydrogen-bond donors (Lipinski definition) is 0. The van der Waals surface area contributed by atoms with E-state index in [0.29, 0.717) is 24.1 Å². The largest absolute Gasteiger partial charge is 0.365 e. The first-order valence-electron chi connectivity index (χ1n) is 11.3. The standard InChI is InChI=1S/C27H29N3O3/c1-15-7-9-19(10-8-15)22-21-23(28(5)27(32)29(6)26(21)31)24-25(33-12-11-30(22)24)20-17(3)13-16(2)14-18(20)4/h7-10,13-14,25H,11-12H2,1-6H3/t25-/m0/s1. The maximum Gasteiger partial charge on any atom is 0.331 e. The zero-order valence-corrected chi connectivity index (χ0v) is 20.0. The molecule has 1 atom stereocenters. The monoisotopic (exact) mass is 443 g/mol. The number of ether oxygens (including phenoxy) is 1. The van der Waals surface area contributed by atoms with Gasteiger partial charge in [-0.05, 0) is 49.9 Å². The van der Waals surface area contributed by atoms with Crippen molar-refractivity contribution in [1.82, 2.24) is 13.7 Å². The smallest absolute Gasteiger partial charge is 0.331 e. The maximum atomic E-state index is 13.5. The van der Waals surface area contributed by atoms with Crippen LogP contribution in [-0.4, -0.2) is 20.3 Å². The lowest BCUT2D eigenvalue weighted by molar-refractivity contribution is 0.0471. The van der Waals surface area contributed by atoms with E-state index >= 15 is 0 Å². The molecular formula is C27H29N3O3. The van der Waals surface area contributed by atoms with E-state index in [1.807, 2.05) is 6.92 Å². The SMILES string of the molecule is Cc1ccc(-c2c3c(=O)n(C)c(=O)n(C)c3c3n2CCO[C@H]3c2c(C)cc(C)cc2C)cc1. The molecule has 2 aromatic carbocycles. The van der Waals surface area contributed by atoms with E-state index in [4.69, 9.17) is 4.74 Å². The van der Waals surface area contributed by atoms with Crippen LogP contribution in [0.2, 0.25) is 0 Å². The van der Waals surface area contributed by atoms with Gasteiger partial charge in [-0.3, -0.25) is 13.9 Å². The molecule has 0 radical (unpaired) electrons. The summed E-state index contributed by atoms with van der Waals surface area (Å²) in [5, 5.41) is 0.566. The normalized spacial score (nSPS) is 15.8. The average molecular weight is 444 g/mol. The summed E-state index contributed by atoms with van der Waals surface area (Å²) in [7, 11) is 3.28. The highest BCUT2D eigenvalue weighted by molar-refractivity contribution is 5.96. The third-order valence-electron chi connectivity index (χ3n) is 6.88. The first-order valence-corrected chi connectivity index (χ1v) is 11.3. The highest BCUT2D eigenvalue weighted by atomic mass is 16.5. The number of nitrogens with zero attached hydrogens (tertiary/aromatic N) is 3. The van der Waals surface area contributed by atoms with Crippen molar-refractivity contribution in [3.8, 4) is 11.3 Å². The molecule has 3 heterocycles. The summed E-state index contributed by atoms with van der Waals surface area (Å²) < 4.78 is 11.4. The van der Waals surface area contributed by atoms with Crippen LogP contribution in [0.15, 0.2) is 46.0 Å². The van der Waals surface area contributed by atoms with E-state index in [1.54, 1.807) is 18.7 Å². The van der Waals surface area contributed by atoms with Crippen molar-refractivity contribution in [1.29, 1.82) is 0 Å². The van der Waals surface area contributed by atoms with E-state index in [2.05, 4.69) is 61.7 Å². The first-order chi connectivity index (χ1) is 15.7. The zero-order chi connectivity index (χ0) is 23.6. The quantitative estimate of drug-likeness (QED) is 0.470. The van der Waals surface area contributed by atoms with E-state index in [-0.39, 0.29) is 17.4 Å². The van der Waals surface area contributed by atoms with E-state index < -0.39 is 0 Å². The third-order valence-corrected chi connectivity index (χ3v) is 6.88. The molecule has 0 saturated heterocycles. The van der Waals surface area contributed by atoms with Crippen LogP contribution in [0.4, 0.5) is 0 Å². The summed E-state index contributed by atoms with van der Waals surface area (Å²) in [5.74, 6) is 0. The Morgan fingerprint density at radius 1 is 0.879 bits per heavy atom. The lowest BCUT2D eigenvalue weighted by atomic mass is 9.93. The molecule has 0 saturated carbocycles. The predicted octanol–water partition coefficient (Wildman–Crippen LogP) is 4.06. The molecule has 0 unspecified atom stereocenters. The van der Waals surface area contributed by atoms with Gasteiger partial charge in [0.15, 0.2) is 0 Å². The molecule has 0 amide bonds. The van der Waals surface area contributed by atoms with Crippen molar-refractivity contribution in [2.24, 2.45) is 14.1 Å². The van der Waals surface area contributed by atoms with Crippen LogP contribution < -0.4 is 11.2 Å². The summed E-state index contributed by atoms with van der Waals surface area (Å²) in [6.07, 6.45) is -0.362. The zero-order valence-electron chi connectivity index (χ0n) is 20.0. The van der Waals surface area contributed by atoms with Gasteiger partial charge in [-0.1, -0.05) is 47.5 Å². The topological polar surface area (TPSA) is 58.2 Å². The van der Waals surface area contributed by atoms with Crippen LogP contribution in [0.25, 0.3) is 22.2 Å². The van der Waals surface area contributed by atoms with Crippen LogP contribution in [0.5, 0.6) is 0 Å². The predicted molar refractivity (Wildman–Crippen MR) is 131 cm³/mol. The van der Waals surface area contributed by atoms with Gasteiger partial charge in [0.25, 0.3) is 5.56 Å². The molecule has 170 valence electrons. The molecule has 4 aromatic rings. The minimum atomic E-state index is -0.362. The molecule has 0 aliphatic carbocycles. The van der Waals surface area contributed by atoms with E-state index in [1.165, 1.54) is 10.1 Å². The maximum absolute atomic E-state index is 13.5. The number of hydrogen-bond acceptors (Lipinski definition) is 3. The summed E-state index contributed by atoms with van der Waals surface area (Å²) in [5.41, 5.74) is 8.48. The van der Waals surface area contributed by atoms with Crippen molar-refractivity contribution in [2.75, 3.05) is 6.61 Å². The highest BCUT2D eigenvalue weighted by Crippen LogP contribution is 2.42. The summed E-state index contributed by atoms with van der Waals surface area (Å²) in [4.78, 5) is 26.5. The third kappa shape index (κ3) is 3.12. The van der Waals surface area contributed by atoms with Crippen molar-refractivity contribution >= 4 is 10.9 Å². The van der Waals surface area contributed by atoms with Gasteiger partial charge in [-0.15, -0.1) is 0 Å². The molecule has 2 aromatic heterocycles.